The van der Waals surface area contributed by atoms with Crippen molar-refractivity contribution in [3.8, 4) is 0 Å². The van der Waals surface area contributed by atoms with Gasteiger partial charge in [0.15, 0.2) is 0 Å². The third-order valence-corrected chi connectivity index (χ3v) is 7.14. The molecule has 0 aliphatic carbocycles. The molecule has 0 saturated heterocycles. The van der Waals surface area contributed by atoms with E-state index >= 15 is 0 Å². The van der Waals surface area contributed by atoms with Crippen LogP contribution in [0, 0.1) is 6.92 Å². The number of benzene rings is 4. The molecule has 0 aliphatic heterocycles. The van der Waals surface area contributed by atoms with Crippen molar-refractivity contribution in [2.45, 2.75) is 17.9 Å². The maximum Gasteiger partial charge on any atom is 0.261 e. The minimum absolute atomic E-state index is 0.136. The minimum atomic E-state index is -3.77. The second kappa shape index (κ2) is 10.1. The SMILES string of the molecule is Cc1ccccc1C(NC(=O)c1ccc(NS(=O)(=O)c2ccccc2)cc1Cl)c1ccccc1. The van der Waals surface area contributed by atoms with Crippen LogP contribution in [0.2, 0.25) is 5.02 Å². The number of amides is 1. The summed E-state index contributed by atoms with van der Waals surface area (Å²) in [6.07, 6.45) is 0. The summed E-state index contributed by atoms with van der Waals surface area (Å²) in [5.74, 6) is -0.362. The Morgan fingerprint density at radius 1 is 0.824 bits per heavy atom. The van der Waals surface area contributed by atoms with Crippen molar-refractivity contribution in [3.05, 3.63) is 130 Å². The van der Waals surface area contributed by atoms with Gasteiger partial charge in [-0.15, -0.1) is 0 Å². The van der Waals surface area contributed by atoms with Crippen LogP contribution in [0.15, 0.2) is 108 Å². The van der Waals surface area contributed by atoms with Crippen LogP contribution in [0.5, 0.6) is 0 Å². The van der Waals surface area contributed by atoms with Crippen molar-refractivity contribution in [2.75, 3.05) is 4.72 Å². The smallest absolute Gasteiger partial charge is 0.261 e. The molecule has 0 bridgehead atoms. The van der Waals surface area contributed by atoms with E-state index in [1.807, 2.05) is 61.5 Å². The summed E-state index contributed by atoms with van der Waals surface area (Å²) in [5, 5.41) is 3.22. The summed E-state index contributed by atoms with van der Waals surface area (Å²) >= 11 is 6.41. The quantitative estimate of drug-likeness (QED) is 0.335. The molecule has 0 radical (unpaired) electrons. The average Bonchev–Trinajstić information content (AvgIpc) is 2.84. The Balaban J connectivity index is 1.59. The van der Waals surface area contributed by atoms with Crippen molar-refractivity contribution in [1.82, 2.24) is 5.32 Å². The molecule has 5 nitrogen and oxygen atoms in total. The highest BCUT2D eigenvalue weighted by atomic mass is 35.5. The number of halogens is 1. The molecule has 0 saturated carbocycles. The topological polar surface area (TPSA) is 75.3 Å². The number of hydrogen-bond acceptors (Lipinski definition) is 3. The highest BCUT2D eigenvalue weighted by Gasteiger charge is 2.21. The van der Waals surface area contributed by atoms with Crippen LogP contribution in [0.1, 0.15) is 33.1 Å². The number of nitrogens with one attached hydrogen (secondary N) is 2. The molecule has 0 aliphatic rings. The summed E-state index contributed by atoms with van der Waals surface area (Å²) < 4.78 is 27.7. The van der Waals surface area contributed by atoms with Crippen molar-refractivity contribution in [2.24, 2.45) is 0 Å². The zero-order valence-corrected chi connectivity index (χ0v) is 20.0. The van der Waals surface area contributed by atoms with E-state index in [4.69, 9.17) is 11.6 Å². The molecule has 0 fully saturated rings. The second-order valence-corrected chi connectivity index (χ2v) is 9.88. The van der Waals surface area contributed by atoms with Crippen LogP contribution in [-0.4, -0.2) is 14.3 Å². The Labute approximate surface area is 204 Å². The second-order valence-electron chi connectivity index (χ2n) is 7.79. The molecule has 2 N–H and O–H groups in total. The fourth-order valence-electron chi connectivity index (χ4n) is 3.68. The van der Waals surface area contributed by atoms with Gasteiger partial charge >= 0.3 is 0 Å². The van der Waals surface area contributed by atoms with E-state index in [-0.39, 0.29) is 33.1 Å². The van der Waals surface area contributed by atoms with E-state index in [9.17, 15) is 13.2 Å². The minimum Gasteiger partial charge on any atom is -0.341 e. The third-order valence-electron chi connectivity index (χ3n) is 5.43. The number of sulfonamides is 1. The molecule has 0 aromatic heterocycles. The molecule has 34 heavy (non-hydrogen) atoms. The van der Waals surface area contributed by atoms with Crippen LogP contribution in [-0.2, 0) is 10.0 Å². The highest BCUT2D eigenvalue weighted by molar-refractivity contribution is 7.92. The predicted octanol–water partition coefficient (Wildman–Crippen LogP) is 5.97. The van der Waals surface area contributed by atoms with E-state index in [2.05, 4.69) is 10.0 Å². The molecule has 7 heteroatoms. The molecule has 4 rings (SSSR count). The summed E-state index contributed by atoms with van der Waals surface area (Å²) in [6.45, 7) is 2.00. The molecule has 172 valence electrons. The maximum absolute atomic E-state index is 13.2. The van der Waals surface area contributed by atoms with Crippen molar-refractivity contribution in [1.29, 1.82) is 0 Å². The van der Waals surface area contributed by atoms with Gasteiger partial charge < -0.3 is 5.32 Å². The fourth-order valence-corrected chi connectivity index (χ4v) is 5.02. The number of anilines is 1. The molecule has 4 aromatic carbocycles. The number of hydrogen-bond donors (Lipinski definition) is 2. The van der Waals surface area contributed by atoms with Gasteiger partial charge in [0.25, 0.3) is 15.9 Å². The largest absolute Gasteiger partial charge is 0.341 e. The molecule has 4 aromatic rings. The Morgan fingerprint density at radius 2 is 1.44 bits per heavy atom. The van der Waals surface area contributed by atoms with Crippen LogP contribution in [0.25, 0.3) is 0 Å². The van der Waals surface area contributed by atoms with E-state index in [0.717, 1.165) is 16.7 Å². The van der Waals surface area contributed by atoms with Gasteiger partial charge in [0.05, 0.1) is 27.2 Å². The highest BCUT2D eigenvalue weighted by Crippen LogP contribution is 2.28. The number of aryl methyl sites for hydroxylation is 1. The van der Waals surface area contributed by atoms with Crippen molar-refractivity contribution in [3.63, 3.8) is 0 Å². The standard InChI is InChI=1S/C27H23ClN2O3S/c1-19-10-8-9-15-23(19)26(20-11-4-2-5-12-20)29-27(31)24-17-16-21(18-25(24)28)30-34(32,33)22-13-6-3-7-14-22/h2-18,26,30H,1H3,(H,29,31). The molecule has 1 amide bonds. The van der Waals surface area contributed by atoms with Crippen LogP contribution in [0.3, 0.4) is 0 Å². The van der Waals surface area contributed by atoms with Crippen molar-refractivity contribution >= 4 is 33.2 Å². The maximum atomic E-state index is 13.2. The van der Waals surface area contributed by atoms with Gasteiger partial charge in [-0.05, 0) is 53.9 Å². The number of rotatable bonds is 7. The van der Waals surface area contributed by atoms with Gasteiger partial charge in [-0.3, -0.25) is 9.52 Å². The zero-order chi connectivity index (χ0) is 24.1. The molecule has 1 unspecified atom stereocenters. The van der Waals surface area contributed by atoms with Gasteiger partial charge in [-0.1, -0.05) is 84.4 Å². The molecule has 1 atom stereocenters. The van der Waals surface area contributed by atoms with Gasteiger partial charge in [0.2, 0.25) is 0 Å². The first-order chi connectivity index (χ1) is 16.3. The Kier molecular flexibility index (Phi) is 7.01. The summed E-state index contributed by atoms with van der Waals surface area (Å²) in [4.78, 5) is 13.4. The normalized spacial score (nSPS) is 12.1. The molecule has 0 heterocycles. The Hall–Kier alpha value is -3.61. The summed E-state index contributed by atoms with van der Waals surface area (Å²) in [7, 11) is -3.77. The third kappa shape index (κ3) is 5.30. The first-order valence-corrected chi connectivity index (χ1v) is 12.5. The summed E-state index contributed by atoms with van der Waals surface area (Å²) in [6, 6.07) is 29.7. The molecule has 0 spiro atoms. The monoisotopic (exact) mass is 490 g/mol. The van der Waals surface area contributed by atoms with E-state index in [1.54, 1.807) is 18.2 Å². The molecular formula is C27H23ClN2O3S. The Bertz CT molecular complexity index is 1410. The molecular weight excluding hydrogens is 468 g/mol. The lowest BCUT2D eigenvalue weighted by atomic mass is 9.94. The Morgan fingerprint density at radius 3 is 2.09 bits per heavy atom. The fraction of sp³-hybridized carbons (Fsp3) is 0.0741. The van der Waals surface area contributed by atoms with Crippen molar-refractivity contribution < 1.29 is 13.2 Å². The van der Waals surface area contributed by atoms with Gasteiger partial charge in [0.1, 0.15) is 0 Å². The zero-order valence-electron chi connectivity index (χ0n) is 18.4. The van der Waals surface area contributed by atoms with Gasteiger partial charge in [-0.2, -0.15) is 0 Å². The van der Waals surface area contributed by atoms with Crippen LogP contribution < -0.4 is 10.0 Å². The van der Waals surface area contributed by atoms with Gasteiger partial charge in [0, 0.05) is 0 Å². The average molecular weight is 491 g/mol. The lowest BCUT2D eigenvalue weighted by Crippen LogP contribution is -2.30. The van der Waals surface area contributed by atoms with E-state index in [0.29, 0.717) is 0 Å². The van der Waals surface area contributed by atoms with Gasteiger partial charge in [-0.25, -0.2) is 8.42 Å². The lowest BCUT2D eigenvalue weighted by molar-refractivity contribution is 0.0943. The van der Waals surface area contributed by atoms with E-state index < -0.39 is 10.0 Å². The first-order valence-electron chi connectivity index (χ1n) is 10.6. The predicted molar refractivity (Wildman–Crippen MR) is 136 cm³/mol. The summed E-state index contributed by atoms with van der Waals surface area (Å²) in [5.41, 5.74) is 3.48. The van der Waals surface area contributed by atoms with Crippen LogP contribution >= 0.6 is 11.6 Å². The lowest BCUT2D eigenvalue weighted by Gasteiger charge is -2.22. The van der Waals surface area contributed by atoms with Crippen LogP contribution in [0.4, 0.5) is 5.69 Å². The first kappa shape index (κ1) is 23.5. The van der Waals surface area contributed by atoms with E-state index in [1.165, 1.54) is 30.3 Å². The number of carbonyl (C=O) groups is 1. The number of carbonyl (C=O) groups excluding carboxylic acids is 1.